The predicted molar refractivity (Wildman–Crippen MR) is 69.1 cm³/mol. The Morgan fingerprint density at radius 3 is 2.53 bits per heavy atom. The third-order valence-electron chi connectivity index (χ3n) is 2.87. The van der Waals surface area contributed by atoms with E-state index >= 15 is 0 Å². The van der Waals surface area contributed by atoms with Gasteiger partial charge in [-0.3, -0.25) is 9.59 Å². The van der Waals surface area contributed by atoms with Crippen LogP contribution in [0.2, 0.25) is 0 Å². The fourth-order valence-corrected chi connectivity index (χ4v) is 1.58. The molecule has 1 atom stereocenters. The smallest absolute Gasteiger partial charge is 0.308 e. The minimum Gasteiger partial charge on any atom is -0.481 e. The van der Waals surface area contributed by atoms with Gasteiger partial charge in [0.25, 0.3) is 5.91 Å². The van der Waals surface area contributed by atoms with Crippen LogP contribution >= 0.6 is 0 Å². The monoisotopic (exact) mass is 268 g/mol. The lowest BCUT2D eigenvalue weighted by molar-refractivity contribution is -0.142. The molecule has 0 spiro atoms. The number of rotatable bonds is 5. The van der Waals surface area contributed by atoms with Crippen LogP contribution in [0.3, 0.4) is 0 Å². The summed E-state index contributed by atoms with van der Waals surface area (Å²) in [5, 5.41) is 11.5. The molecular formula is C13H17FN2O3. The van der Waals surface area contributed by atoms with Gasteiger partial charge in [-0.25, -0.2) is 4.39 Å². The Balaban J connectivity index is 2.69. The molecule has 0 saturated heterocycles. The number of hydrogen-bond acceptors (Lipinski definition) is 3. The molecule has 5 nitrogen and oxygen atoms in total. The third kappa shape index (κ3) is 3.94. The number of carboxylic acid groups (broad SMARTS) is 1. The maximum absolute atomic E-state index is 13.2. The molecule has 0 aliphatic rings. The van der Waals surface area contributed by atoms with Crippen LogP contribution in [0.1, 0.15) is 24.2 Å². The number of benzene rings is 1. The lowest BCUT2D eigenvalue weighted by Gasteiger charge is -2.16. The minimum absolute atomic E-state index is 0.00215. The van der Waals surface area contributed by atoms with Crippen molar-refractivity contribution in [2.75, 3.05) is 12.3 Å². The molecule has 0 saturated carbocycles. The first kappa shape index (κ1) is 14.9. The van der Waals surface area contributed by atoms with E-state index in [1.807, 2.05) is 0 Å². The highest BCUT2D eigenvalue weighted by molar-refractivity contribution is 5.94. The Hall–Kier alpha value is -2.11. The van der Waals surface area contributed by atoms with E-state index in [-0.39, 0.29) is 23.7 Å². The number of anilines is 1. The van der Waals surface area contributed by atoms with Crippen LogP contribution in [0, 0.1) is 17.7 Å². The first-order chi connectivity index (χ1) is 8.82. The fourth-order valence-electron chi connectivity index (χ4n) is 1.58. The maximum Gasteiger partial charge on any atom is 0.308 e. The number of nitrogen functional groups attached to an aromatic ring is 1. The number of nitrogens with one attached hydrogen (secondary N) is 1. The van der Waals surface area contributed by atoms with Crippen LogP contribution in [0.25, 0.3) is 0 Å². The van der Waals surface area contributed by atoms with Crippen molar-refractivity contribution in [3.63, 3.8) is 0 Å². The molecule has 0 heterocycles. The van der Waals surface area contributed by atoms with Crippen molar-refractivity contribution < 1.29 is 19.1 Å². The van der Waals surface area contributed by atoms with Crippen molar-refractivity contribution in [2.45, 2.75) is 13.8 Å². The van der Waals surface area contributed by atoms with Gasteiger partial charge in [0, 0.05) is 12.1 Å². The van der Waals surface area contributed by atoms with E-state index in [1.54, 1.807) is 13.8 Å². The fraction of sp³-hybridized carbons (Fsp3) is 0.385. The number of carboxylic acids is 1. The van der Waals surface area contributed by atoms with Crippen molar-refractivity contribution in [1.82, 2.24) is 5.32 Å². The summed E-state index contributed by atoms with van der Waals surface area (Å²) < 4.78 is 13.2. The Bertz CT molecular complexity index is 489. The van der Waals surface area contributed by atoms with Gasteiger partial charge in [0.05, 0.1) is 11.6 Å². The molecule has 0 aromatic heterocycles. The summed E-state index contributed by atoms with van der Waals surface area (Å²) in [6.07, 6.45) is 0. The van der Waals surface area contributed by atoms with Crippen LogP contribution < -0.4 is 11.1 Å². The van der Waals surface area contributed by atoms with Gasteiger partial charge >= 0.3 is 5.97 Å². The molecule has 6 heteroatoms. The van der Waals surface area contributed by atoms with Gasteiger partial charge in [-0.15, -0.1) is 0 Å². The molecule has 104 valence electrons. The summed E-state index contributed by atoms with van der Waals surface area (Å²) in [7, 11) is 0. The molecule has 0 fully saturated rings. The lowest BCUT2D eigenvalue weighted by atomic mass is 9.96. The lowest BCUT2D eigenvalue weighted by Crippen LogP contribution is -2.35. The molecule has 0 aliphatic carbocycles. The van der Waals surface area contributed by atoms with E-state index < -0.39 is 23.6 Å². The SMILES string of the molecule is CC(C)C(CNC(=O)c1ccc(N)c(F)c1)C(=O)O. The number of carbonyl (C=O) groups excluding carboxylic acids is 1. The highest BCUT2D eigenvalue weighted by Gasteiger charge is 2.22. The number of nitrogens with two attached hydrogens (primary N) is 1. The molecule has 1 rings (SSSR count). The van der Waals surface area contributed by atoms with Crippen molar-refractivity contribution >= 4 is 17.6 Å². The van der Waals surface area contributed by atoms with Crippen molar-refractivity contribution in [3.05, 3.63) is 29.6 Å². The van der Waals surface area contributed by atoms with Crippen LogP contribution in [0.15, 0.2) is 18.2 Å². The second-order valence-corrected chi connectivity index (χ2v) is 4.64. The highest BCUT2D eigenvalue weighted by Crippen LogP contribution is 2.13. The number of halogens is 1. The van der Waals surface area contributed by atoms with E-state index in [9.17, 15) is 14.0 Å². The third-order valence-corrected chi connectivity index (χ3v) is 2.87. The number of hydrogen-bond donors (Lipinski definition) is 3. The first-order valence-corrected chi connectivity index (χ1v) is 5.89. The first-order valence-electron chi connectivity index (χ1n) is 5.89. The Kier molecular flexibility index (Phi) is 4.86. The van der Waals surface area contributed by atoms with Crippen molar-refractivity contribution in [2.24, 2.45) is 11.8 Å². The quantitative estimate of drug-likeness (QED) is 0.705. The van der Waals surface area contributed by atoms with Gasteiger partial charge in [-0.2, -0.15) is 0 Å². The summed E-state index contributed by atoms with van der Waals surface area (Å²) in [5.74, 6) is -2.96. The molecule has 19 heavy (non-hydrogen) atoms. The van der Waals surface area contributed by atoms with E-state index in [0.717, 1.165) is 6.07 Å². The molecule has 0 radical (unpaired) electrons. The molecule has 1 unspecified atom stereocenters. The van der Waals surface area contributed by atoms with Crippen LogP contribution in [-0.2, 0) is 4.79 Å². The molecular weight excluding hydrogens is 251 g/mol. The topological polar surface area (TPSA) is 92.4 Å². The molecule has 1 aromatic carbocycles. The van der Waals surface area contributed by atoms with Crippen molar-refractivity contribution in [1.29, 1.82) is 0 Å². The molecule has 0 bridgehead atoms. The standard InChI is InChI=1S/C13H17FN2O3/c1-7(2)9(13(18)19)6-16-12(17)8-3-4-11(15)10(14)5-8/h3-5,7,9H,6,15H2,1-2H3,(H,16,17)(H,18,19). The normalized spacial score (nSPS) is 12.2. The molecule has 4 N–H and O–H groups in total. The van der Waals surface area contributed by atoms with Crippen molar-refractivity contribution in [3.8, 4) is 0 Å². The molecule has 1 aromatic rings. The number of aliphatic carboxylic acids is 1. The zero-order valence-electron chi connectivity index (χ0n) is 10.8. The van der Waals surface area contributed by atoms with Gasteiger partial charge < -0.3 is 16.2 Å². The summed E-state index contributed by atoms with van der Waals surface area (Å²) in [4.78, 5) is 22.7. The van der Waals surface area contributed by atoms with Gasteiger partial charge in [-0.05, 0) is 24.1 Å². The van der Waals surface area contributed by atoms with E-state index in [0.29, 0.717) is 0 Å². The van der Waals surface area contributed by atoms with E-state index in [4.69, 9.17) is 10.8 Å². The second kappa shape index (κ2) is 6.17. The van der Waals surface area contributed by atoms with Gasteiger partial charge in [0.2, 0.25) is 0 Å². The highest BCUT2D eigenvalue weighted by atomic mass is 19.1. The van der Waals surface area contributed by atoms with Gasteiger partial charge in [0.15, 0.2) is 0 Å². The van der Waals surface area contributed by atoms with E-state index in [1.165, 1.54) is 12.1 Å². The summed E-state index contributed by atoms with van der Waals surface area (Å²) in [6, 6.07) is 3.70. The summed E-state index contributed by atoms with van der Waals surface area (Å²) in [6.45, 7) is 3.51. The zero-order valence-corrected chi connectivity index (χ0v) is 10.8. The number of carbonyl (C=O) groups is 2. The summed E-state index contributed by atoms with van der Waals surface area (Å²) >= 11 is 0. The van der Waals surface area contributed by atoms with Crippen LogP contribution in [0.5, 0.6) is 0 Å². The van der Waals surface area contributed by atoms with Gasteiger partial charge in [-0.1, -0.05) is 13.8 Å². The maximum atomic E-state index is 13.2. The Morgan fingerprint density at radius 1 is 1.42 bits per heavy atom. The predicted octanol–water partition coefficient (Wildman–Crippen LogP) is 1.49. The molecule has 0 aliphatic heterocycles. The van der Waals surface area contributed by atoms with Crippen LogP contribution in [0.4, 0.5) is 10.1 Å². The average Bonchev–Trinajstić information content (AvgIpc) is 2.31. The Labute approximate surface area is 110 Å². The average molecular weight is 268 g/mol. The van der Waals surface area contributed by atoms with Gasteiger partial charge in [0.1, 0.15) is 5.82 Å². The molecule has 1 amide bonds. The zero-order chi connectivity index (χ0) is 14.6. The second-order valence-electron chi connectivity index (χ2n) is 4.64. The number of amides is 1. The van der Waals surface area contributed by atoms with Crippen LogP contribution in [-0.4, -0.2) is 23.5 Å². The van der Waals surface area contributed by atoms with E-state index in [2.05, 4.69) is 5.32 Å². The largest absolute Gasteiger partial charge is 0.481 e. The minimum atomic E-state index is -0.973. The Morgan fingerprint density at radius 2 is 2.05 bits per heavy atom. The summed E-state index contributed by atoms with van der Waals surface area (Å²) in [5.41, 5.74) is 5.38.